The maximum absolute atomic E-state index is 14.5. The fourth-order valence-electron chi connectivity index (χ4n) is 8.55. The van der Waals surface area contributed by atoms with Crippen LogP contribution in [0.25, 0.3) is 10.1 Å². The van der Waals surface area contributed by atoms with Crippen LogP contribution in [0.4, 0.5) is 18.9 Å². The molecule has 3 atom stereocenters. The molecular weight excluding hydrogens is 941 g/mol. The maximum atomic E-state index is 14.5. The molecule has 3 aliphatic heterocycles. The predicted octanol–water partition coefficient (Wildman–Crippen LogP) is 5.54. The van der Waals surface area contributed by atoms with Crippen LogP contribution in [-0.4, -0.2) is 98.7 Å². The first-order chi connectivity index (χ1) is 32.5. The number of nitrogens with one attached hydrogen (secondary N) is 3. The number of hydrogen-bond acceptors (Lipinski definition) is 9. The summed E-state index contributed by atoms with van der Waals surface area (Å²) in [6.07, 6.45) is 1.82. The van der Waals surface area contributed by atoms with Crippen molar-refractivity contribution in [3.8, 4) is 11.8 Å². The predicted molar refractivity (Wildman–Crippen MR) is 248 cm³/mol. The summed E-state index contributed by atoms with van der Waals surface area (Å²) in [5, 5.41) is 8.01. The van der Waals surface area contributed by atoms with E-state index < -0.39 is 71.8 Å². The molecule has 3 aliphatic rings. The Morgan fingerprint density at radius 2 is 1.75 bits per heavy atom. The number of unbranched alkanes of at least 4 members (excludes halogenated alkanes) is 1. The van der Waals surface area contributed by atoms with Crippen molar-refractivity contribution in [2.24, 2.45) is 5.41 Å². The van der Waals surface area contributed by atoms with Gasteiger partial charge in [-0.1, -0.05) is 44.7 Å². The molecule has 21 heteroatoms. The van der Waals surface area contributed by atoms with Crippen molar-refractivity contribution in [1.82, 2.24) is 25.8 Å². The second kappa shape index (κ2) is 20.3. The summed E-state index contributed by atoms with van der Waals surface area (Å²) < 4.78 is 54.9. The Morgan fingerprint density at radius 3 is 2.45 bits per heavy atom. The Balaban J connectivity index is 0.965. The van der Waals surface area contributed by atoms with E-state index >= 15 is 0 Å². The number of piperidine rings is 1. The smallest absolute Gasteiger partial charge is 0.356 e. The molecule has 0 aliphatic carbocycles. The molecule has 0 saturated carbocycles. The first-order valence-electron chi connectivity index (χ1n) is 22.2. The summed E-state index contributed by atoms with van der Waals surface area (Å²) >= 11 is 0.930. The number of benzene rings is 3. The first-order valence-corrected chi connectivity index (χ1v) is 24.7. The van der Waals surface area contributed by atoms with Crippen molar-refractivity contribution < 1.29 is 61.1 Å². The van der Waals surface area contributed by atoms with Crippen LogP contribution in [0.1, 0.15) is 102 Å². The van der Waals surface area contributed by atoms with E-state index in [1.54, 1.807) is 39.0 Å². The van der Waals surface area contributed by atoms with Crippen LogP contribution in [0.5, 0.6) is 0 Å². The minimum atomic E-state index is -5.85. The number of amides is 7. The summed E-state index contributed by atoms with van der Waals surface area (Å²) in [6.45, 7) is 5.66. The number of carbonyl (C=O) groups excluding carboxylic acids is 7. The molecule has 2 saturated heterocycles. The Hall–Kier alpha value is -6.39. The van der Waals surface area contributed by atoms with Gasteiger partial charge < -0.3 is 35.1 Å². The quantitative estimate of drug-likeness (QED) is 0.0460. The topological polar surface area (TPSA) is 223 Å². The van der Waals surface area contributed by atoms with Crippen LogP contribution < -0.4 is 20.9 Å². The number of halogens is 3. The van der Waals surface area contributed by atoms with Gasteiger partial charge in [0, 0.05) is 72.5 Å². The minimum absolute atomic E-state index is 0.0434. The van der Waals surface area contributed by atoms with Crippen molar-refractivity contribution in [3.63, 3.8) is 0 Å². The number of likely N-dealkylation sites (tertiary alicyclic amines) is 1. The van der Waals surface area contributed by atoms with E-state index in [0.717, 1.165) is 23.5 Å². The third-order valence-electron chi connectivity index (χ3n) is 12.2. The van der Waals surface area contributed by atoms with Crippen LogP contribution in [0.3, 0.4) is 0 Å². The van der Waals surface area contributed by atoms with Crippen molar-refractivity contribution in [2.45, 2.75) is 96.1 Å². The molecule has 0 radical (unpaired) electrons. The van der Waals surface area contributed by atoms with Gasteiger partial charge in [-0.05, 0) is 96.6 Å². The summed E-state index contributed by atoms with van der Waals surface area (Å²) in [5.41, 5.74) is -4.20. The third-order valence-corrected chi connectivity index (χ3v) is 14.3. The highest BCUT2D eigenvalue weighted by Crippen LogP contribution is 2.59. The number of fused-ring (bicyclic) bond motifs is 2. The Labute approximate surface area is 399 Å². The average molecular weight is 991 g/mol. The van der Waals surface area contributed by atoms with Gasteiger partial charge in [0.25, 0.3) is 11.8 Å². The molecule has 69 heavy (non-hydrogen) atoms. The van der Waals surface area contributed by atoms with Gasteiger partial charge in [0.05, 0.1) is 4.88 Å². The molecule has 364 valence electrons. The van der Waals surface area contributed by atoms with Gasteiger partial charge in [-0.15, -0.1) is 11.3 Å². The maximum Gasteiger partial charge on any atom is 0.399 e. The van der Waals surface area contributed by atoms with E-state index in [1.165, 1.54) is 51.1 Å². The number of thiophene rings is 1. The molecule has 0 bridgehead atoms. The van der Waals surface area contributed by atoms with E-state index in [1.807, 2.05) is 0 Å². The number of carbonyl (C=O) groups is 7. The van der Waals surface area contributed by atoms with Crippen molar-refractivity contribution >= 4 is 76.1 Å². The summed E-state index contributed by atoms with van der Waals surface area (Å²) in [4.78, 5) is 116. The molecular formula is C48H50F3N6O10PS. The van der Waals surface area contributed by atoms with E-state index in [-0.39, 0.29) is 79.8 Å². The summed E-state index contributed by atoms with van der Waals surface area (Å²) in [6, 6.07) is 11.7. The third kappa shape index (κ3) is 11.1. The second-order valence-electron chi connectivity index (χ2n) is 18.1. The fraction of sp³-hybridized carbons (Fsp3) is 0.396. The zero-order valence-electron chi connectivity index (χ0n) is 37.9. The summed E-state index contributed by atoms with van der Waals surface area (Å²) in [7, 11) is -5.85. The van der Waals surface area contributed by atoms with Gasteiger partial charge >= 0.3 is 13.3 Å². The lowest BCUT2D eigenvalue weighted by atomic mass is 9.85. The highest BCUT2D eigenvalue weighted by atomic mass is 32.1. The Bertz CT molecular complexity index is 2830. The van der Waals surface area contributed by atoms with Crippen molar-refractivity contribution in [3.05, 3.63) is 99.7 Å². The lowest BCUT2D eigenvalue weighted by Crippen LogP contribution is -2.58. The minimum Gasteiger partial charge on any atom is -0.356 e. The zero-order valence-corrected chi connectivity index (χ0v) is 39.6. The lowest BCUT2D eigenvalue weighted by molar-refractivity contribution is -0.141. The average Bonchev–Trinajstić information content (AvgIpc) is 4.04. The molecule has 7 rings (SSSR count). The first kappa shape index (κ1) is 50.5. The van der Waals surface area contributed by atoms with Crippen molar-refractivity contribution in [1.29, 1.82) is 0 Å². The van der Waals surface area contributed by atoms with Crippen LogP contribution >= 0.6 is 18.9 Å². The van der Waals surface area contributed by atoms with E-state index in [4.69, 9.17) is 0 Å². The number of anilines is 1. The molecule has 4 aromatic rings. The zero-order chi connectivity index (χ0) is 50.0. The molecule has 5 N–H and O–H groups in total. The van der Waals surface area contributed by atoms with Crippen molar-refractivity contribution in [2.75, 3.05) is 24.5 Å². The van der Waals surface area contributed by atoms with E-state index in [9.17, 15) is 61.1 Å². The molecule has 2 fully saturated rings. The molecule has 1 aromatic heterocycles. The molecule has 3 aromatic carbocycles. The Kier molecular flexibility index (Phi) is 14.8. The lowest BCUT2D eigenvalue weighted by Gasteiger charge is -2.36. The van der Waals surface area contributed by atoms with Gasteiger partial charge in [0.1, 0.15) is 23.9 Å². The van der Waals surface area contributed by atoms with Crippen LogP contribution in [0.15, 0.2) is 66.7 Å². The highest BCUT2D eigenvalue weighted by molar-refractivity contribution is 7.52. The van der Waals surface area contributed by atoms with E-state index in [2.05, 4.69) is 27.8 Å². The van der Waals surface area contributed by atoms with Gasteiger partial charge in [-0.25, -0.2) is 4.39 Å². The van der Waals surface area contributed by atoms with Crippen LogP contribution in [-0.2, 0) is 40.7 Å². The number of hydrogen-bond donors (Lipinski definition) is 5. The van der Waals surface area contributed by atoms with Crippen LogP contribution in [0, 0.1) is 23.1 Å². The van der Waals surface area contributed by atoms with Gasteiger partial charge in [-0.2, -0.15) is 8.78 Å². The Morgan fingerprint density at radius 1 is 1.01 bits per heavy atom. The fourth-order valence-corrected chi connectivity index (χ4v) is 9.97. The molecule has 16 nitrogen and oxygen atoms in total. The summed E-state index contributed by atoms with van der Waals surface area (Å²) in [5.74, 6) is 2.29. The normalized spacial score (nSPS) is 17.8. The van der Waals surface area contributed by atoms with Gasteiger partial charge in [0.2, 0.25) is 29.5 Å². The van der Waals surface area contributed by atoms with Gasteiger partial charge in [-0.3, -0.25) is 43.4 Å². The molecule has 0 spiro atoms. The van der Waals surface area contributed by atoms with E-state index in [0.29, 0.717) is 46.3 Å². The standard InChI is InChI=1S/C48H50F3N6O10PS/c1-47(2,3)41(54-43(61)38-26-29-25-30(13-19-37(29)69-38)48(50,51)68(65,66)67)46(64)56-23-8-12-36(56)45(63)55(32-16-14-31(49)15-17-32)24-21-39(58)52-22-6-4-5-9-28-10-7-11-33-34(28)27-57(44(33)62)35-18-20-40(59)53-42(35)60/h7,10-11,13-17,19,25-26,35-36,41H,4,6,8,12,18,20-24,27H2,1-3H3,(H,52,58)(H,54,61)(H,53,59,60)(H2,65,66,67)/t35?,36-,41+/m0/s1. The number of imide groups is 1. The SMILES string of the molecule is CC(C)(C)[C@H](NC(=O)c1cc2cc(C(F)(F)P(=O)(O)O)ccc2s1)C(=O)N1CCC[C@H]1C(=O)N(CCC(=O)NCCCC#Cc1cccc2c1CN(C1CCC(=O)NC1=O)C2=O)c1ccc(F)cc1. The molecule has 1 unspecified atom stereocenters. The van der Waals surface area contributed by atoms with Crippen LogP contribution in [0.2, 0.25) is 0 Å². The van der Waals surface area contributed by atoms with Gasteiger partial charge in [0.15, 0.2) is 0 Å². The monoisotopic (exact) mass is 990 g/mol. The molecule has 7 amide bonds. The molecule has 4 heterocycles. The number of alkyl halides is 2. The second-order valence-corrected chi connectivity index (χ2v) is 20.8. The highest BCUT2D eigenvalue weighted by Gasteiger charge is 2.50. The largest absolute Gasteiger partial charge is 0.399 e. The number of nitrogens with zero attached hydrogens (tertiary/aromatic N) is 3. The number of rotatable bonds is 14.